The highest BCUT2D eigenvalue weighted by atomic mass is 32.2. The van der Waals surface area contributed by atoms with E-state index in [0.29, 0.717) is 23.9 Å². The van der Waals surface area contributed by atoms with Gasteiger partial charge < -0.3 is 15.1 Å². The summed E-state index contributed by atoms with van der Waals surface area (Å²) in [5.41, 5.74) is 9.50. The molecule has 7 heteroatoms. The van der Waals surface area contributed by atoms with Crippen molar-refractivity contribution < 1.29 is 17.6 Å². The molecular weight excluding hydrogens is 376 g/mol. The Morgan fingerprint density at radius 3 is 2.71 bits per heavy atom. The topological polar surface area (TPSA) is 106 Å². The van der Waals surface area contributed by atoms with Crippen LogP contribution in [0.2, 0.25) is 0 Å². The van der Waals surface area contributed by atoms with Crippen LogP contribution in [0, 0.1) is 5.92 Å². The normalized spacial score (nSPS) is 22.0. The number of nitrogens with one attached hydrogen (secondary N) is 1. The summed E-state index contributed by atoms with van der Waals surface area (Å²) in [5.74, 6) is -0.127. The summed E-state index contributed by atoms with van der Waals surface area (Å²) in [4.78, 5) is 15.2. The van der Waals surface area contributed by atoms with E-state index >= 15 is 0 Å². The molecule has 6 nitrogen and oxygen atoms in total. The number of aromatic nitrogens is 1. The van der Waals surface area contributed by atoms with Crippen molar-refractivity contribution in [1.82, 2.24) is 4.98 Å². The first-order valence-corrected chi connectivity index (χ1v) is 11.2. The fraction of sp³-hybridized carbons (Fsp3) is 0.381. The van der Waals surface area contributed by atoms with Gasteiger partial charge in [0.1, 0.15) is 0 Å². The lowest BCUT2D eigenvalue weighted by Crippen LogP contribution is -2.35. The van der Waals surface area contributed by atoms with Crippen LogP contribution in [0.15, 0.2) is 41.3 Å². The van der Waals surface area contributed by atoms with Crippen LogP contribution in [-0.2, 0) is 9.84 Å². The van der Waals surface area contributed by atoms with Crippen molar-refractivity contribution in [3.8, 4) is 11.1 Å². The van der Waals surface area contributed by atoms with Crippen molar-refractivity contribution in [1.29, 1.82) is 0 Å². The quantitative estimate of drug-likeness (QED) is 0.694. The number of aromatic amines is 1. The maximum atomic E-state index is 12.5. The van der Waals surface area contributed by atoms with E-state index in [1.807, 2.05) is 32.2 Å². The van der Waals surface area contributed by atoms with E-state index in [-0.39, 0.29) is 22.8 Å². The molecule has 3 heterocycles. The van der Waals surface area contributed by atoms with Crippen LogP contribution in [0.4, 0.5) is 0 Å². The molecule has 0 bridgehead atoms. The first-order valence-electron chi connectivity index (χ1n) is 9.47. The van der Waals surface area contributed by atoms with E-state index < -0.39 is 15.7 Å². The number of benzene rings is 1. The number of hydrogen-bond donors (Lipinski definition) is 2. The smallest absolute Gasteiger partial charge is 0.250 e. The highest BCUT2D eigenvalue weighted by Crippen LogP contribution is 2.40. The number of furan rings is 1. The van der Waals surface area contributed by atoms with Gasteiger partial charge in [0, 0.05) is 17.1 Å². The molecule has 2 atom stereocenters. The first-order chi connectivity index (χ1) is 13.3. The number of amides is 1. The molecule has 1 amide bonds. The van der Waals surface area contributed by atoms with Crippen LogP contribution >= 0.6 is 0 Å². The SMILES string of the molecule is CC(C)[C@H]1CC(c2c[nH]c3c(C(N)=O)cc(-c4ccoc4)cc23)CCS1(=O)=O. The number of nitrogens with two attached hydrogens (primary N) is 1. The highest BCUT2D eigenvalue weighted by molar-refractivity contribution is 7.92. The van der Waals surface area contributed by atoms with E-state index in [1.165, 1.54) is 0 Å². The van der Waals surface area contributed by atoms with Gasteiger partial charge in [0.25, 0.3) is 5.91 Å². The number of rotatable bonds is 4. The average Bonchev–Trinajstić information content (AvgIpc) is 3.30. The van der Waals surface area contributed by atoms with Gasteiger partial charge in [-0.05, 0) is 54.0 Å². The summed E-state index contributed by atoms with van der Waals surface area (Å²) in [7, 11) is -3.06. The molecule has 0 radical (unpaired) electrons. The summed E-state index contributed by atoms with van der Waals surface area (Å²) in [5, 5.41) is 0.572. The first kappa shape index (κ1) is 18.8. The lowest BCUT2D eigenvalue weighted by atomic mass is 9.87. The minimum atomic E-state index is -3.06. The number of primary amides is 1. The molecule has 2 aromatic heterocycles. The molecule has 28 heavy (non-hydrogen) atoms. The van der Waals surface area contributed by atoms with Gasteiger partial charge in [-0.1, -0.05) is 13.8 Å². The third kappa shape index (κ3) is 3.13. The second-order valence-corrected chi connectivity index (χ2v) is 10.3. The van der Waals surface area contributed by atoms with Crippen molar-refractivity contribution in [2.24, 2.45) is 11.7 Å². The Hall–Kier alpha value is -2.54. The van der Waals surface area contributed by atoms with Crippen molar-refractivity contribution in [2.75, 3.05) is 5.75 Å². The third-order valence-electron chi connectivity index (χ3n) is 5.85. The van der Waals surface area contributed by atoms with Crippen molar-refractivity contribution >= 4 is 26.6 Å². The fourth-order valence-electron chi connectivity index (χ4n) is 4.35. The van der Waals surface area contributed by atoms with Crippen molar-refractivity contribution in [3.63, 3.8) is 0 Å². The Morgan fingerprint density at radius 2 is 2.07 bits per heavy atom. The molecule has 3 aromatic rings. The van der Waals surface area contributed by atoms with Gasteiger partial charge in [-0.25, -0.2) is 8.42 Å². The summed E-state index contributed by atoms with van der Waals surface area (Å²) in [6.45, 7) is 3.92. The highest BCUT2D eigenvalue weighted by Gasteiger charge is 2.37. The number of H-pyrrole nitrogens is 1. The molecule has 1 aliphatic rings. The average molecular weight is 401 g/mol. The fourth-order valence-corrected chi connectivity index (χ4v) is 6.62. The van der Waals surface area contributed by atoms with Crippen LogP contribution < -0.4 is 5.73 Å². The number of carbonyl (C=O) groups is 1. The summed E-state index contributed by atoms with van der Waals surface area (Å²) < 4.78 is 30.1. The van der Waals surface area contributed by atoms with Gasteiger partial charge in [-0.3, -0.25) is 4.79 Å². The van der Waals surface area contributed by atoms with Crippen LogP contribution in [0.5, 0.6) is 0 Å². The molecule has 1 aromatic carbocycles. The van der Waals surface area contributed by atoms with Gasteiger partial charge in [0.2, 0.25) is 0 Å². The van der Waals surface area contributed by atoms with Gasteiger partial charge >= 0.3 is 0 Å². The Bertz CT molecular complexity index is 1130. The summed E-state index contributed by atoms with van der Waals surface area (Å²) in [6.07, 6.45) is 6.28. The predicted octanol–water partition coefficient (Wildman–Crippen LogP) is 3.84. The monoisotopic (exact) mass is 400 g/mol. The maximum absolute atomic E-state index is 12.5. The van der Waals surface area contributed by atoms with E-state index in [9.17, 15) is 13.2 Å². The van der Waals surface area contributed by atoms with E-state index in [0.717, 1.165) is 22.1 Å². The van der Waals surface area contributed by atoms with Crippen molar-refractivity contribution in [3.05, 3.63) is 48.0 Å². The van der Waals surface area contributed by atoms with Gasteiger partial charge in [0.05, 0.1) is 34.6 Å². The maximum Gasteiger partial charge on any atom is 0.250 e. The Balaban J connectivity index is 1.83. The standard InChI is InChI=1S/C21H24N2O4S/c1-12(2)19-9-13(4-6-28(19,25)26)18-10-23-20-16(18)7-15(8-17(20)21(22)24)14-3-5-27-11-14/h3,5,7-8,10-13,19,23H,4,6,9H2,1-2H3,(H2,22,24)/t13?,19-/m1/s1. The van der Waals surface area contributed by atoms with Crippen LogP contribution in [0.1, 0.15) is 48.5 Å². The molecule has 0 spiro atoms. The van der Waals surface area contributed by atoms with Gasteiger partial charge in [0.15, 0.2) is 9.84 Å². The molecule has 1 saturated heterocycles. The molecule has 0 saturated carbocycles. The van der Waals surface area contributed by atoms with Gasteiger partial charge in [-0.2, -0.15) is 0 Å². The zero-order valence-electron chi connectivity index (χ0n) is 15.9. The van der Waals surface area contributed by atoms with Crippen LogP contribution in [0.25, 0.3) is 22.0 Å². The van der Waals surface area contributed by atoms with Gasteiger partial charge in [-0.15, -0.1) is 0 Å². The Kier molecular flexibility index (Phi) is 4.57. The van der Waals surface area contributed by atoms with Crippen molar-refractivity contribution in [2.45, 2.75) is 37.9 Å². The minimum Gasteiger partial charge on any atom is -0.472 e. The van der Waals surface area contributed by atoms with E-state index in [2.05, 4.69) is 4.98 Å². The van der Waals surface area contributed by atoms with E-state index in [1.54, 1.807) is 18.6 Å². The Labute approximate surface area is 164 Å². The van der Waals surface area contributed by atoms with Crippen LogP contribution in [-0.4, -0.2) is 30.3 Å². The molecule has 4 rings (SSSR count). The second-order valence-electron chi connectivity index (χ2n) is 7.94. The van der Waals surface area contributed by atoms with E-state index in [4.69, 9.17) is 10.2 Å². The molecule has 1 fully saturated rings. The zero-order valence-corrected chi connectivity index (χ0v) is 16.8. The summed E-state index contributed by atoms with van der Waals surface area (Å²) >= 11 is 0. The minimum absolute atomic E-state index is 0.0701. The number of carbonyl (C=O) groups excluding carboxylic acids is 1. The molecule has 3 N–H and O–H groups in total. The Morgan fingerprint density at radius 1 is 1.29 bits per heavy atom. The predicted molar refractivity (Wildman–Crippen MR) is 109 cm³/mol. The third-order valence-corrected chi connectivity index (χ3v) is 8.32. The van der Waals surface area contributed by atoms with Crippen LogP contribution in [0.3, 0.4) is 0 Å². The largest absolute Gasteiger partial charge is 0.472 e. The molecule has 148 valence electrons. The summed E-state index contributed by atoms with van der Waals surface area (Å²) in [6, 6.07) is 5.62. The number of hydrogen-bond acceptors (Lipinski definition) is 4. The number of fused-ring (bicyclic) bond motifs is 1. The zero-order chi connectivity index (χ0) is 20.1. The molecular formula is C21H24N2O4S. The molecule has 1 aliphatic heterocycles. The lowest BCUT2D eigenvalue weighted by molar-refractivity contribution is 0.100. The number of sulfone groups is 1. The molecule has 0 aliphatic carbocycles. The molecule has 1 unspecified atom stereocenters. The lowest BCUT2D eigenvalue weighted by Gasteiger charge is -2.31. The second kappa shape index (κ2) is 6.81.